The van der Waals surface area contributed by atoms with Crippen molar-refractivity contribution in [1.82, 2.24) is 0 Å². The zero-order valence-electron chi connectivity index (χ0n) is 47.0. The molecule has 0 aromatic heterocycles. The molecular formula is C58H92O12Si8. The first-order valence-electron chi connectivity index (χ1n) is 32.9. The molecule has 2 aromatic rings. The van der Waals surface area contributed by atoms with Gasteiger partial charge in [-0.1, -0.05) is 183 Å². The van der Waals surface area contributed by atoms with Crippen molar-refractivity contribution in [2.45, 2.75) is 288 Å². The Hall–Kier alpha value is -0.305. The smallest absolute Gasteiger partial charge is 0.373 e. The normalized spacial score (nSPS) is 41.9. The molecule has 20 heteroatoms. The average molecular weight is 1210 g/mol. The third-order valence-electron chi connectivity index (χ3n) is 22.1. The lowest BCUT2D eigenvalue weighted by molar-refractivity contribution is -0.0515. The molecule has 6 heterocycles. The molecule has 16 rings (SSSR count). The highest BCUT2D eigenvalue weighted by atomic mass is 28.6. The van der Waals surface area contributed by atoms with Crippen molar-refractivity contribution in [2.75, 3.05) is 0 Å². The Morgan fingerprint density at radius 1 is 0.269 bits per heavy atom. The predicted molar refractivity (Wildman–Crippen MR) is 315 cm³/mol. The van der Waals surface area contributed by atoms with Crippen LogP contribution in [0.1, 0.15) is 255 Å². The van der Waals surface area contributed by atoms with Gasteiger partial charge in [-0.05, 0) is 125 Å². The van der Waals surface area contributed by atoms with E-state index in [0.29, 0.717) is 6.04 Å². The molecule has 14 aliphatic rings. The largest absolute Gasteiger partial charge is 0.482 e. The van der Waals surface area contributed by atoms with E-state index in [0.717, 1.165) is 193 Å². The Morgan fingerprint density at radius 3 is 0.731 bits per heavy atom. The highest BCUT2D eigenvalue weighted by Gasteiger charge is 2.88. The summed E-state index contributed by atoms with van der Waals surface area (Å²) in [5.74, 6) is 0.250. The number of fused-ring (bicyclic) bond motifs is 3. The molecule has 13 fully saturated rings. The second-order valence-electron chi connectivity index (χ2n) is 27.1. The van der Waals surface area contributed by atoms with Crippen molar-refractivity contribution in [1.29, 1.82) is 0 Å². The van der Waals surface area contributed by atoms with Gasteiger partial charge in [0.05, 0.1) is 0 Å². The minimum absolute atomic E-state index is 0.0186. The molecule has 7 saturated carbocycles. The van der Waals surface area contributed by atoms with E-state index < -0.39 is 70.4 Å². The van der Waals surface area contributed by atoms with Crippen molar-refractivity contribution in [2.24, 2.45) is 0 Å². The van der Waals surface area contributed by atoms with Gasteiger partial charge in [-0.15, -0.1) is 0 Å². The minimum atomic E-state index is -4.13. The van der Waals surface area contributed by atoms with E-state index in [1.54, 1.807) is 0 Å². The predicted octanol–water partition coefficient (Wildman–Crippen LogP) is 16.7. The topological polar surface area (TPSA) is 111 Å². The number of hydrogen-bond donors (Lipinski definition) is 0. The summed E-state index contributed by atoms with van der Waals surface area (Å²) in [5.41, 5.74) is 5.76. The first kappa shape index (κ1) is 54.4. The summed E-state index contributed by atoms with van der Waals surface area (Å²) in [5, 5.41) is 0. The van der Waals surface area contributed by atoms with Gasteiger partial charge in [0.2, 0.25) is 0 Å². The molecule has 0 atom stereocenters. The molecule has 8 bridgehead atoms. The number of rotatable bonds is 11. The second-order valence-corrected chi connectivity index (χ2v) is 52.9. The van der Waals surface area contributed by atoms with Gasteiger partial charge >= 0.3 is 70.4 Å². The Labute approximate surface area is 476 Å². The maximum absolute atomic E-state index is 8.85. The average Bonchev–Trinajstić information content (AvgIpc) is 3.00. The monoisotopic (exact) mass is 1200 g/mol. The fraction of sp³-hybridized carbons (Fsp3) is 0.793. The van der Waals surface area contributed by atoms with Crippen molar-refractivity contribution in [3.63, 3.8) is 0 Å². The molecule has 8 aliphatic carbocycles. The van der Waals surface area contributed by atoms with Gasteiger partial charge in [0.1, 0.15) is 0 Å². The SMILES string of the molecule is c1ccc2c(c1)-c1ccccc1C2CCC[Si]12O[Si]3(C4CCCCC4)O[Si]4(C5CCCCC5)O[Si](C5CCCCC5)(O1)O[Si]1(C5CCCCC5)O[Si](C5CCCCC5)(O2)O[Si](C2CCCCC2)(O3)O[Si](C2CCCCC2)(O4)O1. The maximum Gasteiger partial charge on any atom is 0.482 e. The first-order chi connectivity index (χ1) is 38.3. The standard InChI is InChI=1S/C58H92O12Si8/c1-8-27-47(28-9-1)72-59-71(46-26-45-58-56-43-24-22-41-54(56)55-42-23-25-44-57(55)58)60-73(48-29-10-2-11-30-48)64-75(62-72,50-33-14-4-15-34-50)68-78(53-39-20-7-21-40-53)69-76(63-72,51-35-16-5-17-36-51)65-74(61-71,49-31-12-3-13-32-49)67-77(66-73,70-78)52-37-18-6-19-38-52/h22-25,41-44,47-53,58H,1-21,26-40,45-46H2. The summed E-state index contributed by atoms with van der Waals surface area (Å²) in [4.78, 5) is 0. The van der Waals surface area contributed by atoms with Gasteiger partial charge in [0, 0.05) is 50.8 Å². The lowest BCUT2D eigenvalue weighted by atomic mass is 9.92. The zero-order chi connectivity index (χ0) is 51.9. The van der Waals surface area contributed by atoms with E-state index in [1.807, 2.05) is 0 Å². The third kappa shape index (κ3) is 9.51. The Balaban J connectivity index is 0.995. The van der Waals surface area contributed by atoms with Gasteiger partial charge < -0.3 is 49.4 Å². The maximum atomic E-state index is 8.85. The van der Waals surface area contributed by atoms with Crippen LogP contribution in [0.2, 0.25) is 44.8 Å². The van der Waals surface area contributed by atoms with Gasteiger partial charge in [0.25, 0.3) is 0 Å². The fourth-order valence-corrected chi connectivity index (χ4v) is 74.3. The zero-order valence-corrected chi connectivity index (χ0v) is 55.0. The Kier molecular flexibility index (Phi) is 15.3. The molecule has 6 saturated heterocycles. The first-order valence-corrected chi connectivity index (χ1v) is 47.4. The Morgan fingerprint density at radius 2 is 0.487 bits per heavy atom. The summed E-state index contributed by atoms with van der Waals surface area (Å²) in [6.45, 7) is 0. The summed E-state index contributed by atoms with van der Waals surface area (Å²) < 4.78 is 106. The lowest BCUT2D eigenvalue weighted by Crippen LogP contribution is -2.91. The molecule has 0 amide bonds. The van der Waals surface area contributed by atoms with Crippen molar-refractivity contribution < 1.29 is 49.4 Å². The van der Waals surface area contributed by atoms with E-state index in [9.17, 15) is 0 Å². The van der Waals surface area contributed by atoms with Gasteiger partial charge in [-0.2, -0.15) is 0 Å². The molecule has 12 nitrogen and oxygen atoms in total. The van der Waals surface area contributed by atoms with Gasteiger partial charge in [-0.25, -0.2) is 0 Å². The van der Waals surface area contributed by atoms with E-state index in [4.69, 9.17) is 49.4 Å². The van der Waals surface area contributed by atoms with Crippen LogP contribution in [0.5, 0.6) is 0 Å². The van der Waals surface area contributed by atoms with Gasteiger partial charge in [0.15, 0.2) is 0 Å². The van der Waals surface area contributed by atoms with E-state index in [-0.39, 0.29) is 44.7 Å². The molecule has 0 unspecified atom stereocenters. The summed E-state index contributed by atoms with van der Waals surface area (Å²) in [6, 6.07) is 18.8. The molecule has 0 spiro atoms. The van der Waals surface area contributed by atoms with E-state index in [1.165, 1.54) is 67.2 Å². The highest BCUT2D eigenvalue weighted by molar-refractivity contribution is 7.04. The van der Waals surface area contributed by atoms with Crippen LogP contribution >= 0.6 is 0 Å². The molecule has 0 radical (unpaired) electrons. The number of benzene rings is 2. The minimum Gasteiger partial charge on any atom is -0.373 e. The van der Waals surface area contributed by atoms with Crippen LogP contribution in [0, 0.1) is 0 Å². The molecule has 78 heavy (non-hydrogen) atoms. The molecular weight excluding hydrogens is 1110 g/mol. The van der Waals surface area contributed by atoms with E-state index in [2.05, 4.69) is 48.5 Å². The van der Waals surface area contributed by atoms with Crippen LogP contribution in [0.3, 0.4) is 0 Å². The van der Waals surface area contributed by atoms with Crippen LogP contribution in [-0.4, -0.2) is 70.4 Å². The summed E-state index contributed by atoms with van der Waals surface area (Å²) in [6.07, 6.45) is 39.5. The van der Waals surface area contributed by atoms with Crippen LogP contribution in [-0.2, 0) is 49.4 Å². The van der Waals surface area contributed by atoms with Crippen molar-refractivity contribution >= 4 is 70.4 Å². The quantitative estimate of drug-likeness (QED) is 0.200. The van der Waals surface area contributed by atoms with Gasteiger partial charge in [-0.3, -0.25) is 0 Å². The molecule has 2 aromatic carbocycles. The summed E-state index contributed by atoms with van der Waals surface area (Å²) >= 11 is 0. The lowest BCUT2D eigenvalue weighted by Gasteiger charge is -2.68. The van der Waals surface area contributed by atoms with Crippen LogP contribution in [0.25, 0.3) is 11.1 Å². The van der Waals surface area contributed by atoms with Crippen molar-refractivity contribution in [3.8, 4) is 11.1 Å². The highest BCUT2D eigenvalue weighted by Crippen LogP contribution is 2.66. The fourth-order valence-electron chi connectivity index (χ4n) is 18.1. The Bertz CT molecular complexity index is 2200. The van der Waals surface area contributed by atoms with Crippen LogP contribution < -0.4 is 0 Å². The number of hydrogen-bond acceptors (Lipinski definition) is 12. The van der Waals surface area contributed by atoms with E-state index >= 15 is 0 Å². The van der Waals surface area contributed by atoms with Crippen LogP contribution in [0.15, 0.2) is 48.5 Å². The van der Waals surface area contributed by atoms with Crippen molar-refractivity contribution in [3.05, 3.63) is 59.7 Å². The molecule has 428 valence electrons. The van der Waals surface area contributed by atoms with Crippen LogP contribution in [0.4, 0.5) is 0 Å². The summed E-state index contributed by atoms with van der Waals surface area (Å²) in [7, 11) is -32.6. The molecule has 0 N–H and O–H groups in total. The third-order valence-corrected chi connectivity index (χ3v) is 61.8. The second kappa shape index (κ2) is 21.9. The molecule has 6 aliphatic heterocycles.